The van der Waals surface area contributed by atoms with Crippen LogP contribution in [0.3, 0.4) is 0 Å². The monoisotopic (exact) mass is 305 g/mol. The molecular weight excluding hydrogens is 286 g/mol. The number of rotatable bonds is 3. The zero-order chi connectivity index (χ0) is 15.6. The van der Waals surface area contributed by atoms with Gasteiger partial charge in [0.2, 0.25) is 0 Å². The lowest BCUT2D eigenvalue weighted by atomic mass is 9.99. The predicted molar refractivity (Wildman–Crippen MR) is 88.1 cm³/mol. The van der Waals surface area contributed by atoms with Gasteiger partial charge in [0.1, 0.15) is 0 Å². The third-order valence-electron chi connectivity index (χ3n) is 4.58. The molecule has 3 aromatic rings. The van der Waals surface area contributed by atoms with Crippen LogP contribution in [0.2, 0.25) is 0 Å². The summed E-state index contributed by atoms with van der Waals surface area (Å²) >= 11 is 0. The maximum Gasteiger partial charge on any atom is 0.173 e. The van der Waals surface area contributed by atoms with Crippen LogP contribution in [0.15, 0.2) is 54.6 Å². The van der Waals surface area contributed by atoms with E-state index in [4.69, 9.17) is 0 Å². The lowest BCUT2D eigenvalue weighted by molar-refractivity contribution is 0.183. The van der Waals surface area contributed by atoms with Crippen LogP contribution < -0.4 is 0 Å². The SMILES string of the molecule is C[C@@H](c1nnnn1-c1ccccc1)N1CCc2ccccc2C1. The molecule has 0 bridgehead atoms. The van der Waals surface area contributed by atoms with Gasteiger partial charge in [-0.25, -0.2) is 0 Å². The molecule has 0 saturated heterocycles. The molecular formula is C18H19N5. The zero-order valence-electron chi connectivity index (χ0n) is 13.1. The third-order valence-corrected chi connectivity index (χ3v) is 4.58. The van der Waals surface area contributed by atoms with E-state index in [1.165, 1.54) is 11.1 Å². The van der Waals surface area contributed by atoms with Crippen LogP contribution in [0.25, 0.3) is 5.69 Å². The first-order chi connectivity index (χ1) is 11.3. The van der Waals surface area contributed by atoms with Gasteiger partial charge in [-0.15, -0.1) is 5.10 Å². The van der Waals surface area contributed by atoms with Crippen LogP contribution in [0.4, 0.5) is 0 Å². The second kappa shape index (κ2) is 5.93. The van der Waals surface area contributed by atoms with Crippen molar-refractivity contribution < 1.29 is 0 Å². The normalized spacial score (nSPS) is 16.0. The zero-order valence-corrected chi connectivity index (χ0v) is 13.1. The molecule has 0 fully saturated rings. The summed E-state index contributed by atoms with van der Waals surface area (Å²) in [5, 5.41) is 12.4. The molecule has 4 rings (SSSR count). The maximum atomic E-state index is 4.28. The first-order valence-corrected chi connectivity index (χ1v) is 7.97. The van der Waals surface area contributed by atoms with E-state index in [0.717, 1.165) is 31.0 Å². The van der Waals surface area contributed by atoms with Gasteiger partial charge in [-0.2, -0.15) is 4.68 Å². The fourth-order valence-corrected chi connectivity index (χ4v) is 3.22. The Labute approximate surface area is 135 Å². The van der Waals surface area contributed by atoms with E-state index in [1.54, 1.807) is 0 Å². The summed E-state index contributed by atoms with van der Waals surface area (Å²) in [6, 6.07) is 18.9. The van der Waals surface area contributed by atoms with Crippen molar-refractivity contribution in [2.45, 2.75) is 25.9 Å². The van der Waals surface area contributed by atoms with Gasteiger partial charge in [0.15, 0.2) is 5.82 Å². The van der Waals surface area contributed by atoms with Gasteiger partial charge in [-0.05, 0) is 47.0 Å². The van der Waals surface area contributed by atoms with Crippen LogP contribution >= 0.6 is 0 Å². The van der Waals surface area contributed by atoms with Gasteiger partial charge < -0.3 is 0 Å². The van der Waals surface area contributed by atoms with Gasteiger partial charge in [0.05, 0.1) is 11.7 Å². The summed E-state index contributed by atoms with van der Waals surface area (Å²) in [5.74, 6) is 0.885. The smallest absolute Gasteiger partial charge is 0.173 e. The molecule has 0 saturated carbocycles. The molecule has 1 atom stereocenters. The molecule has 0 radical (unpaired) electrons. The molecule has 5 nitrogen and oxygen atoms in total. The Hall–Kier alpha value is -2.53. The predicted octanol–water partition coefficient (Wildman–Crippen LogP) is 2.78. The lowest BCUT2D eigenvalue weighted by Gasteiger charge is -2.32. The van der Waals surface area contributed by atoms with Crippen molar-refractivity contribution >= 4 is 0 Å². The minimum Gasteiger partial charge on any atom is -0.289 e. The highest BCUT2D eigenvalue weighted by Gasteiger charge is 2.25. The lowest BCUT2D eigenvalue weighted by Crippen LogP contribution is -2.34. The molecule has 0 N–H and O–H groups in total. The van der Waals surface area contributed by atoms with Crippen LogP contribution in [0.5, 0.6) is 0 Å². The largest absolute Gasteiger partial charge is 0.289 e. The van der Waals surface area contributed by atoms with E-state index in [9.17, 15) is 0 Å². The van der Waals surface area contributed by atoms with Gasteiger partial charge in [-0.3, -0.25) is 4.90 Å². The highest BCUT2D eigenvalue weighted by atomic mass is 15.6. The quantitative estimate of drug-likeness (QED) is 0.746. The summed E-state index contributed by atoms with van der Waals surface area (Å²) < 4.78 is 1.84. The Morgan fingerprint density at radius 2 is 1.70 bits per heavy atom. The molecule has 5 heteroatoms. The van der Waals surface area contributed by atoms with E-state index in [1.807, 2.05) is 35.0 Å². The molecule has 116 valence electrons. The highest BCUT2D eigenvalue weighted by Crippen LogP contribution is 2.27. The summed E-state index contributed by atoms with van der Waals surface area (Å²) in [6.45, 7) is 4.15. The Bertz CT molecular complexity index is 796. The summed E-state index contributed by atoms with van der Waals surface area (Å²) in [4.78, 5) is 2.44. The van der Waals surface area contributed by atoms with Gasteiger partial charge in [-0.1, -0.05) is 42.5 Å². The molecule has 0 unspecified atom stereocenters. The second-order valence-corrected chi connectivity index (χ2v) is 5.95. The van der Waals surface area contributed by atoms with Crippen LogP contribution in [0.1, 0.15) is 29.9 Å². The molecule has 2 heterocycles. The Kier molecular flexibility index (Phi) is 3.63. The fourth-order valence-electron chi connectivity index (χ4n) is 3.22. The van der Waals surface area contributed by atoms with Crippen molar-refractivity contribution in [3.05, 3.63) is 71.5 Å². The number of hydrogen-bond acceptors (Lipinski definition) is 4. The van der Waals surface area contributed by atoms with Gasteiger partial charge in [0, 0.05) is 13.1 Å². The van der Waals surface area contributed by atoms with E-state index in [-0.39, 0.29) is 6.04 Å². The van der Waals surface area contributed by atoms with E-state index in [0.29, 0.717) is 0 Å². The summed E-state index contributed by atoms with van der Waals surface area (Å²) in [5.41, 5.74) is 3.86. The molecule has 1 aliphatic rings. The number of tetrazole rings is 1. The average molecular weight is 305 g/mol. The maximum absolute atomic E-state index is 4.28. The second-order valence-electron chi connectivity index (χ2n) is 5.95. The fraction of sp³-hybridized carbons (Fsp3) is 0.278. The van der Waals surface area contributed by atoms with Gasteiger partial charge >= 0.3 is 0 Å². The third kappa shape index (κ3) is 2.64. The number of nitrogens with zero attached hydrogens (tertiary/aromatic N) is 5. The number of fused-ring (bicyclic) bond motifs is 1. The standard InChI is InChI=1S/C18H19N5/c1-14(22-12-11-15-7-5-6-8-16(15)13-22)18-19-20-21-23(18)17-9-3-2-4-10-17/h2-10,14H,11-13H2,1H3/t14-/m0/s1. The van der Waals surface area contributed by atoms with Crippen molar-refractivity contribution in [1.82, 2.24) is 25.1 Å². The molecule has 1 aromatic heterocycles. The first kappa shape index (κ1) is 14.1. The van der Waals surface area contributed by atoms with Gasteiger partial charge in [0.25, 0.3) is 0 Å². The minimum absolute atomic E-state index is 0.165. The average Bonchev–Trinajstić information content (AvgIpc) is 3.11. The van der Waals surface area contributed by atoms with Crippen LogP contribution in [0, 0.1) is 0 Å². The molecule has 1 aliphatic heterocycles. The van der Waals surface area contributed by atoms with E-state index < -0.39 is 0 Å². The van der Waals surface area contributed by atoms with Crippen LogP contribution in [-0.2, 0) is 13.0 Å². The highest BCUT2D eigenvalue weighted by molar-refractivity contribution is 5.32. The summed E-state index contributed by atoms with van der Waals surface area (Å²) in [7, 11) is 0. The number of hydrogen-bond donors (Lipinski definition) is 0. The van der Waals surface area contributed by atoms with E-state index in [2.05, 4.69) is 51.6 Å². The Morgan fingerprint density at radius 3 is 2.52 bits per heavy atom. The number of para-hydroxylation sites is 1. The topological polar surface area (TPSA) is 46.8 Å². The minimum atomic E-state index is 0.165. The summed E-state index contributed by atoms with van der Waals surface area (Å²) in [6.07, 6.45) is 1.08. The Morgan fingerprint density at radius 1 is 0.957 bits per heavy atom. The first-order valence-electron chi connectivity index (χ1n) is 7.97. The molecule has 0 spiro atoms. The van der Waals surface area contributed by atoms with Crippen LogP contribution in [-0.4, -0.2) is 31.7 Å². The van der Waals surface area contributed by atoms with Crippen molar-refractivity contribution in [2.75, 3.05) is 6.54 Å². The molecule has 23 heavy (non-hydrogen) atoms. The number of benzene rings is 2. The van der Waals surface area contributed by atoms with Crippen molar-refractivity contribution in [3.8, 4) is 5.69 Å². The van der Waals surface area contributed by atoms with Crippen molar-refractivity contribution in [2.24, 2.45) is 0 Å². The number of aromatic nitrogens is 4. The molecule has 0 amide bonds. The Balaban J connectivity index is 1.62. The van der Waals surface area contributed by atoms with Crippen molar-refractivity contribution in [1.29, 1.82) is 0 Å². The van der Waals surface area contributed by atoms with Crippen molar-refractivity contribution in [3.63, 3.8) is 0 Å². The molecule has 2 aromatic carbocycles. The van der Waals surface area contributed by atoms with E-state index >= 15 is 0 Å². The molecule has 0 aliphatic carbocycles.